The number of ketones is 1. The molecular weight excluding hydrogens is 220 g/mol. The zero-order valence-electron chi connectivity index (χ0n) is 11.0. The summed E-state index contributed by atoms with van der Waals surface area (Å²) in [4.78, 5) is 11.6. The molecule has 1 aromatic carbocycles. The van der Waals surface area contributed by atoms with Gasteiger partial charge in [-0.05, 0) is 48.7 Å². The molecule has 1 heteroatoms. The van der Waals surface area contributed by atoms with Crippen LogP contribution in [0, 0.1) is 5.41 Å². The summed E-state index contributed by atoms with van der Waals surface area (Å²) < 4.78 is 0. The highest BCUT2D eigenvalue weighted by Crippen LogP contribution is 2.50. The summed E-state index contributed by atoms with van der Waals surface area (Å²) in [5.41, 5.74) is 3.14. The van der Waals surface area contributed by atoms with Crippen molar-refractivity contribution in [2.45, 2.75) is 44.9 Å². The number of rotatable bonds is 1. The maximum Gasteiger partial charge on any atom is 0.155 e. The highest BCUT2D eigenvalue weighted by Gasteiger charge is 2.38. The van der Waals surface area contributed by atoms with Gasteiger partial charge in [0.1, 0.15) is 0 Å². The maximum absolute atomic E-state index is 11.6. The van der Waals surface area contributed by atoms with Crippen LogP contribution in [0.15, 0.2) is 42.0 Å². The van der Waals surface area contributed by atoms with E-state index in [4.69, 9.17) is 0 Å². The molecule has 0 amide bonds. The molecule has 2 unspecified atom stereocenters. The average Bonchev–Trinajstić information content (AvgIpc) is 2.40. The molecule has 1 aromatic rings. The normalized spacial score (nSPS) is 31.7. The summed E-state index contributed by atoms with van der Waals surface area (Å²) in [7, 11) is 0. The fourth-order valence-corrected chi connectivity index (χ4v) is 3.46. The molecule has 3 rings (SSSR count). The number of carbonyl (C=O) groups excluding carboxylic acids is 1. The van der Waals surface area contributed by atoms with Gasteiger partial charge in [-0.25, -0.2) is 0 Å². The van der Waals surface area contributed by atoms with Crippen molar-refractivity contribution in [1.82, 2.24) is 0 Å². The van der Waals surface area contributed by atoms with Crippen molar-refractivity contribution < 1.29 is 4.79 Å². The lowest BCUT2D eigenvalue weighted by Crippen LogP contribution is -2.30. The van der Waals surface area contributed by atoms with E-state index >= 15 is 0 Å². The Morgan fingerprint density at radius 1 is 1.17 bits per heavy atom. The van der Waals surface area contributed by atoms with Gasteiger partial charge in [0.2, 0.25) is 0 Å². The van der Waals surface area contributed by atoms with Crippen molar-refractivity contribution in [1.29, 1.82) is 0 Å². The zero-order valence-corrected chi connectivity index (χ0v) is 11.0. The van der Waals surface area contributed by atoms with E-state index in [2.05, 4.69) is 37.3 Å². The fraction of sp³-hybridized carbons (Fsp3) is 0.471. The van der Waals surface area contributed by atoms with Gasteiger partial charge in [-0.2, -0.15) is 0 Å². The van der Waals surface area contributed by atoms with Gasteiger partial charge < -0.3 is 0 Å². The summed E-state index contributed by atoms with van der Waals surface area (Å²) in [5.74, 6) is 0.938. The molecule has 18 heavy (non-hydrogen) atoms. The Bertz CT molecular complexity index is 486. The Labute approximate surface area is 109 Å². The van der Waals surface area contributed by atoms with E-state index in [1.807, 2.05) is 6.08 Å². The predicted molar refractivity (Wildman–Crippen MR) is 73.5 cm³/mol. The second-order valence-corrected chi connectivity index (χ2v) is 6.05. The van der Waals surface area contributed by atoms with Gasteiger partial charge >= 0.3 is 0 Å². The number of carbonyl (C=O) groups is 1. The second kappa shape index (κ2) is 4.38. The van der Waals surface area contributed by atoms with Gasteiger partial charge in [-0.1, -0.05) is 42.8 Å². The van der Waals surface area contributed by atoms with Crippen molar-refractivity contribution >= 4 is 5.78 Å². The van der Waals surface area contributed by atoms with Crippen LogP contribution < -0.4 is 0 Å². The summed E-state index contributed by atoms with van der Waals surface area (Å²) in [5, 5.41) is 0. The SMILES string of the molecule is CC12CCC(=O)C=C1CC(c1ccccc1)CC2. The first-order valence-corrected chi connectivity index (χ1v) is 6.96. The molecule has 0 aromatic heterocycles. The predicted octanol–water partition coefficient (Wildman–Crippen LogP) is 4.25. The van der Waals surface area contributed by atoms with Crippen molar-refractivity contribution in [3.63, 3.8) is 0 Å². The van der Waals surface area contributed by atoms with E-state index in [0.29, 0.717) is 17.1 Å². The third-order valence-electron chi connectivity index (χ3n) is 4.82. The average molecular weight is 240 g/mol. The molecule has 94 valence electrons. The third-order valence-corrected chi connectivity index (χ3v) is 4.82. The Morgan fingerprint density at radius 2 is 1.94 bits per heavy atom. The lowest BCUT2D eigenvalue weighted by molar-refractivity contribution is -0.115. The van der Waals surface area contributed by atoms with Crippen LogP contribution in [0.5, 0.6) is 0 Å². The summed E-state index contributed by atoms with van der Waals surface area (Å²) in [6.07, 6.45) is 7.30. The fourth-order valence-electron chi connectivity index (χ4n) is 3.46. The van der Waals surface area contributed by atoms with Crippen LogP contribution in [0.25, 0.3) is 0 Å². The van der Waals surface area contributed by atoms with E-state index in [9.17, 15) is 4.79 Å². The van der Waals surface area contributed by atoms with E-state index < -0.39 is 0 Å². The number of benzene rings is 1. The molecule has 0 heterocycles. The van der Waals surface area contributed by atoms with E-state index in [1.54, 1.807) is 0 Å². The van der Waals surface area contributed by atoms with Gasteiger partial charge in [0.05, 0.1) is 0 Å². The van der Waals surface area contributed by atoms with E-state index in [0.717, 1.165) is 19.3 Å². The van der Waals surface area contributed by atoms with Gasteiger partial charge in [0, 0.05) is 6.42 Å². The number of hydrogen-bond acceptors (Lipinski definition) is 1. The highest BCUT2D eigenvalue weighted by atomic mass is 16.1. The minimum absolute atomic E-state index is 0.305. The zero-order chi connectivity index (χ0) is 12.6. The molecule has 0 N–H and O–H groups in total. The smallest absolute Gasteiger partial charge is 0.155 e. The summed E-state index contributed by atoms with van der Waals surface area (Å²) in [6.45, 7) is 2.34. The van der Waals surface area contributed by atoms with Crippen LogP contribution in [-0.2, 0) is 4.79 Å². The van der Waals surface area contributed by atoms with Gasteiger partial charge in [-0.3, -0.25) is 4.79 Å². The van der Waals surface area contributed by atoms with Crippen LogP contribution >= 0.6 is 0 Å². The van der Waals surface area contributed by atoms with Crippen LogP contribution in [0.4, 0.5) is 0 Å². The molecule has 2 aliphatic carbocycles. The molecule has 1 nitrogen and oxygen atoms in total. The molecule has 0 radical (unpaired) electrons. The van der Waals surface area contributed by atoms with Gasteiger partial charge in [0.15, 0.2) is 5.78 Å². The first kappa shape index (κ1) is 11.7. The Hall–Kier alpha value is -1.37. The second-order valence-electron chi connectivity index (χ2n) is 6.05. The van der Waals surface area contributed by atoms with Crippen molar-refractivity contribution in [2.75, 3.05) is 0 Å². The van der Waals surface area contributed by atoms with Crippen molar-refractivity contribution in [3.05, 3.63) is 47.5 Å². The Balaban J connectivity index is 1.86. The monoisotopic (exact) mass is 240 g/mol. The third kappa shape index (κ3) is 2.03. The Morgan fingerprint density at radius 3 is 2.72 bits per heavy atom. The number of allylic oxidation sites excluding steroid dienone is 2. The lowest BCUT2D eigenvalue weighted by atomic mass is 9.62. The van der Waals surface area contributed by atoms with Crippen LogP contribution in [0.3, 0.4) is 0 Å². The molecule has 0 bridgehead atoms. The minimum atomic E-state index is 0.305. The first-order chi connectivity index (χ1) is 8.67. The minimum Gasteiger partial charge on any atom is -0.295 e. The first-order valence-electron chi connectivity index (χ1n) is 6.96. The molecule has 2 atom stereocenters. The standard InChI is InChI=1S/C17H20O/c1-17-9-7-14(13-5-3-2-4-6-13)11-15(17)12-16(18)8-10-17/h2-6,12,14H,7-11H2,1H3. The molecule has 2 aliphatic rings. The van der Waals surface area contributed by atoms with Crippen LogP contribution in [0.1, 0.15) is 50.5 Å². The Kier molecular flexibility index (Phi) is 2.85. The molecule has 0 aliphatic heterocycles. The van der Waals surface area contributed by atoms with Crippen LogP contribution in [-0.4, -0.2) is 5.78 Å². The summed E-state index contributed by atoms with van der Waals surface area (Å²) in [6, 6.07) is 10.7. The van der Waals surface area contributed by atoms with E-state index in [1.165, 1.54) is 24.0 Å². The van der Waals surface area contributed by atoms with Gasteiger partial charge in [0.25, 0.3) is 0 Å². The van der Waals surface area contributed by atoms with Crippen molar-refractivity contribution in [2.24, 2.45) is 5.41 Å². The van der Waals surface area contributed by atoms with E-state index in [-0.39, 0.29) is 0 Å². The quantitative estimate of drug-likeness (QED) is 0.717. The van der Waals surface area contributed by atoms with Crippen molar-refractivity contribution in [3.8, 4) is 0 Å². The largest absolute Gasteiger partial charge is 0.295 e. The maximum atomic E-state index is 11.6. The lowest BCUT2D eigenvalue weighted by Gasteiger charge is -2.42. The molecule has 1 saturated carbocycles. The topological polar surface area (TPSA) is 17.1 Å². The molecule has 1 fully saturated rings. The summed E-state index contributed by atoms with van der Waals surface area (Å²) >= 11 is 0. The highest BCUT2D eigenvalue weighted by molar-refractivity contribution is 5.91. The number of fused-ring (bicyclic) bond motifs is 1. The molecule has 0 spiro atoms. The van der Waals surface area contributed by atoms with Crippen LogP contribution in [0.2, 0.25) is 0 Å². The molecular formula is C17H20O. The molecule has 0 saturated heterocycles. The van der Waals surface area contributed by atoms with Gasteiger partial charge in [-0.15, -0.1) is 0 Å². The number of hydrogen-bond donors (Lipinski definition) is 0.